The Bertz CT molecular complexity index is 714. The molecule has 1 heterocycles. The molecule has 0 aliphatic heterocycles. The molecule has 3 rings (SSSR count). The fourth-order valence-electron chi connectivity index (χ4n) is 2.34. The van der Waals surface area contributed by atoms with Crippen molar-refractivity contribution < 1.29 is 0 Å². The normalized spacial score (nSPS) is 10.8. The van der Waals surface area contributed by atoms with Gasteiger partial charge in [0.25, 0.3) is 0 Å². The second-order valence-corrected chi connectivity index (χ2v) is 4.70. The van der Waals surface area contributed by atoms with Gasteiger partial charge in [-0.05, 0) is 31.4 Å². The van der Waals surface area contributed by atoms with Crippen LogP contribution in [0.15, 0.2) is 54.6 Å². The quantitative estimate of drug-likeness (QED) is 0.602. The van der Waals surface area contributed by atoms with Crippen LogP contribution in [0.25, 0.3) is 22.0 Å². The average molecular weight is 233 g/mol. The van der Waals surface area contributed by atoms with Crippen molar-refractivity contribution in [3.05, 3.63) is 65.9 Å². The fourth-order valence-corrected chi connectivity index (χ4v) is 2.34. The molecule has 0 aliphatic rings. The number of rotatable bonds is 1. The first-order chi connectivity index (χ1) is 8.74. The molecule has 0 aliphatic carbocycles. The first-order valence-electron chi connectivity index (χ1n) is 6.17. The minimum Gasteiger partial charge on any atom is -0.252 e. The Balaban J connectivity index is 2.34. The summed E-state index contributed by atoms with van der Waals surface area (Å²) in [5.74, 6) is 0. The molecule has 0 atom stereocenters. The number of benzene rings is 2. The lowest BCUT2D eigenvalue weighted by molar-refractivity contribution is 1.22. The number of aromatic nitrogens is 1. The molecule has 1 heteroatoms. The Morgan fingerprint density at radius 1 is 0.833 bits per heavy atom. The van der Waals surface area contributed by atoms with Crippen molar-refractivity contribution in [3.8, 4) is 11.3 Å². The molecule has 0 bridgehead atoms. The van der Waals surface area contributed by atoms with Crippen LogP contribution in [0.4, 0.5) is 0 Å². The molecule has 18 heavy (non-hydrogen) atoms. The van der Waals surface area contributed by atoms with Crippen molar-refractivity contribution in [3.63, 3.8) is 0 Å². The lowest BCUT2D eigenvalue weighted by Gasteiger charge is -2.08. The van der Waals surface area contributed by atoms with E-state index in [2.05, 4.69) is 61.5 Å². The largest absolute Gasteiger partial charge is 0.252 e. The predicted octanol–water partition coefficient (Wildman–Crippen LogP) is 4.52. The van der Waals surface area contributed by atoms with E-state index in [1.165, 1.54) is 21.9 Å². The van der Waals surface area contributed by atoms with Gasteiger partial charge >= 0.3 is 0 Å². The van der Waals surface area contributed by atoms with Gasteiger partial charge in [-0.15, -0.1) is 0 Å². The van der Waals surface area contributed by atoms with Crippen LogP contribution in [0.2, 0.25) is 0 Å². The molecule has 0 unspecified atom stereocenters. The summed E-state index contributed by atoms with van der Waals surface area (Å²) in [5.41, 5.74) is 4.59. The van der Waals surface area contributed by atoms with Gasteiger partial charge in [0.15, 0.2) is 0 Å². The van der Waals surface area contributed by atoms with Gasteiger partial charge in [-0.3, -0.25) is 4.98 Å². The van der Waals surface area contributed by atoms with E-state index >= 15 is 0 Å². The number of nitrogens with zero attached hydrogens (tertiary/aromatic N) is 1. The van der Waals surface area contributed by atoms with Crippen LogP contribution in [0.5, 0.6) is 0 Å². The minimum absolute atomic E-state index is 1.06. The molecule has 0 radical (unpaired) electrons. The van der Waals surface area contributed by atoms with E-state index in [0.717, 1.165) is 11.4 Å². The number of hydrogen-bond donors (Lipinski definition) is 0. The zero-order valence-corrected chi connectivity index (χ0v) is 10.6. The van der Waals surface area contributed by atoms with Crippen molar-refractivity contribution in [2.45, 2.75) is 13.8 Å². The van der Waals surface area contributed by atoms with Crippen LogP contribution in [0.1, 0.15) is 11.3 Å². The van der Waals surface area contributed by atoms with Crippen LogP contribution < -0.4 is 0 Å². The predicted molar refractivity (Wildman–Crippen MR) is 76.7 cm³/mol. The van der Waals surface area contributed by atoms with Crippen molar-refractivity contribution in [1.82, 2.24) is 4.98 Å². The summed E-state index contributed by atoms with van der Waals surface area (Å²) in [5, 5.41) is 2.47. The molecule has 0 N–H and O–H groups in total. The molecular formula is C17H15N. The lowest BCUT2D eigenvalue weighted by atomic mass is 10.0. The Labute approximate surface area is 107 Å². The maximum absolute atomic E-state index is 4.71. The highest BCUT2D eigenvalue weighted by atomic mass is 14.7. The summed E-state index contributed by atoms with van der Waals surface area (Å²) >= 11 is 0. The highest BCUT2D eigenvalue weighted by molar-refractivity contribution is 5.94. The van der Waals surface area contributed by atoms with E-state index in [1.807, 2.05) is 6.92 Å². The molecule has 88 valence electrons. The van der Waals surface area contributed by atoms with E-state index < -0.39 is 0 Å². The standard InChI is InChI=1S/C17H15N/c1-12-6-5-8-15(10-12)17-16-9-4-3-7-14(16)11-13(2)18-17/h3-11H,1-2H3. The zero-order chi connectivity index (χ0) is 12.5. The number of aryl methyl sites for hydroxylation is 2. The monoisotopic (exact) mass is 233 g/mol. The SMILES string of the molecule is Cc1cccc(-c2nc(C)cc3ccccc23)c1. The third-order valence-electron chi connectivity index (χ3n) is 3.16. The summed E-state index contributed by atoms with van der Waals surface area (Å²) in [4.78, 5) is 4.71. The Kier molecular flexibility index (Phi) is 2.60. The molecule has 2 aromatic carbocycles. The number of pyridine rings is 1. The second-order valence-electron chi connectivity index (χ2n) is 4.70. The molecule has 0 amide bonds. The van der Waals surface area contributed by atoms with Gasteiger partial charge in [0.1, 0.15) is 0 Å². The summed E-state index contributed by atoms with van der Waals surface area (Å²) in [7, 11) is 0. The zero-order valence-electron chi connectivity index (χ0n) is 10.6. The molecule has 0 fully saturated rings. The number of fused-ring (bicyclic) bond motifs is 1. The average Bonchev–Trinajstić information content (AvgIpc) is 2.37. The van der Waals surface area contributed by atoms with Gasteiger partial charge in [-0.2, -0.15) is 0 Å². The summed E-state index contributed by atoms with van der Waals surface area (Å²) in [6, 6.07) is 19.1. The van der Waals surface area contributed by atoms with Gasteiger partial charge in [-0.25, -0.2) is 0 Å². The van der Waals surface area contributed by atoms with Gasteiger partial charge < -0.3 is 0 Å². The number of hydrogen-bond acceptors (Lipinski definition) is 1. The van der Waals surface area contributed by atoms with E-state index in [-0.39, 0.29) is 0 Å². The molecule has 0 saturated heterocycles. The van der Waals surface area contributed by atoms with E-state index in [9.17, 15) is 0 Å². The third-order valence-corrected chi connectivity index (χ3v) is 3.16. The highest BCUT2D eigenvalue weighted by Crippen LogP contribution is 2.27. The Morgan fingerprint density at radius 2 is 1.67 bits per heavy atom. The van der Waals surface area contributed by atoms with E-state index in [4.69, 9.17) is 4.98 Å². The van der Waals surface area contributed by atoms with Gasteiger partial charge in [0, 0.05) is 16.6 Å². The molecule has 1 nitrogen and oxygen atoms in total. The highest BCUT2D eigenvalue weighted by Gasteiger charge is 2.06. The summed E-state index contributed by atoms with van der Waals surface area (Å²) in [6.07, 6.45) is 0. The van der Waals surface area contributed by atoms with Crippen molar-refractivity contribution >= 4 is 10.8 Å². The van der Waals surface area contributed by atoms with Crippen LogP contribution >= 0.6 is 0 Å². The van der Waals surface area contributed by atoms with Gasteiger partial charge in [0.05, 0.1) is 5.69 Å². The molecule has 0 saturated carbocycles. The Morgan fingerprint density at radius 3 is 2.50 bits per heavy atom. The van der Waals surface area contributed by atoms with Crippen molar-refractivity contribution in [2.24, 2.45) is 0 Å². The third kappa shape index (κ3) is 1.88. The van der Waals surface area contributed by atoms with Crippen LogP contribution in [-0.4, -0.2) is 4.98 Å². The van der Waals surface area contributed by atoms with Crippen LogP contribution in [-0.2, 0) is 0 Å². The summed E-state index contributed by atoms with van der Waals surface area (Å²) < 4.78 is 0. The van der Waals surface area contributed by atoms with E-state index in [1.54, 1.807) is 0 Å². The smallest absolute Gasteiger partial charge is 0.0783 e. The van der Waals surface area contributed by atoms with Crippen molar-refractivity contribution in [1.29, 1.82) is 0 Å². The molecular weight excluding hydrogens is 218 g/mol. The van der Waals surface area contributed by atoms with Crippen molar-refractivity contribution in [2.75, 3.05) is 0 Å². The first-order valence-corrected chi connectivity index (χ1v) is 6.17. The first kappa shape index (κ1) is 11.0. The topological polar surface area (TPSA) is 12.9 Å². The fraction of sp³-hybridized carbons (Fsp3) is 0.118. The lowest BCUT2D eigenvalue weighted by Crippen LogP contribution is -1.90. The maximum Gasteiger partial charge on any atom is 0.0783 e. The minimum atomic E-state index is 1.06. The maximum atomic E-state index is 4.71. The van der Waals surface area contributed by atoms with E-state index in [0.29, 0.717) is 0 Å². The molecule has 1 aromatic heterocycles. The second kappa shape index (κ2) is 4.26. The van der Waals surface area contributed by atoms with Gasteiger partial charge in [-0.1, -0.05) is 48.0 Å². The molecule has 3 aromatic rings. The van der Waals surface area contributed by atoms with Gasteiger partial charge in [0.2, 0.25) is 0 Å². The Hall–Kier alpha value is -2.15. The summed E-state index contributed by atoms with van der Waals surface area (Å²) in [6.45, 7) is 4.16. The van der Waals surface area contributed by atoms with Crippen LogP contribution in [0, 0.1) is 13.8 Å². The molecule has 0 spiro atoms. The van der Waals surface area contributed by atoms with Crippen LogP contribution in [0.3, 0.4) is 0 Å².